The SMILES string of the molecule is COCCNC(=O)c1cc(C(=O)N2CCc3cc(OC)c(OC)cc3C2)ccn1. The van der Waals surface area contributed by atoms with Crippen LogP contribution in [0, 0.1) is 0 Å². The van der Waals surface area contributed by atoms with Crippen molar-refractivity contribution in [2.24, 2.45) is 0 Å². The average Bonchev–Trinajstić information content (AvgIpc) is 2.77. The fourth-order valence-electron chi connectivity index (χ4n) is 3.28. The molecule has 2 heterocycles. The first kappa shape index (κ1) is 20.6. The maximum absolute atomic E-state index is 13.0. The molecule has 0 aliphatic carbocycles. The first-order valence-electron chi connectivity index (χ1n) is 9.33. The average molecular weight is 399 g/mol. The summed E-state index contributed by atoms with van der Waals surface area (Å²) in [6.45, 7) is 1.83. The standard InChI is InChI=1S/C21H25N3O5/c1-27-9-7-23-20(25)17-10-15(4-6-22-17)21(26)24-8-5-14-11-18(28-2)19(29-3)12-16(14)13-24/h4,6,10-12H,5,7-9,13H2,1-3H3,(H,23,25). The summed E-state index contributed by atoms with van der Waals surface area (Å²) in [5, 5.41) is 2.70. The molecule has 1 aromatic heterocycles. The molecule has 0 saturated heterocycles. The van der Waals surface area contributed by atoms with Crippen LogP contribution in [0.5, 0.6) is 11.5 Å². The van der Waals surface area contributed by atoms with E-state index in [2.05, 4.69) is 10.3 Å². The Kier molecular flexibility index (Phi) is 6.66. The van der Waals surface area contributed by atoms with Gasteiger partial charge in [0.05, 0.1) is 20.8 Å². The molecule has 1 N–H and O–H groups in total. The molecule has 8 nitrogen and oxygen atoms in total. The summed E-state index contributed by atoms with van der Waals surface area (Å²) in [4.78, 5) is 31.0. The Labute approximate surface area is 169 Å². The molecule has 0 radical (unpaired) electrons. The zero-order chi connectivity index (χ0) is 20.8. The second-order valence-corrected chi connectivity index (χ2v) is 6.63. The van der Waals surface area contributed by atoms with Crippen molar-refractivity contribution in [1.82, 2.24) is 15.2 Å². The number of rotatable bonds is 7. The Bertz CT molecular complexity index is 900. The van der Waals surface area contributed by atoms with E-state index in [0.717, 1.165) is 17.5 Å². The molecule has 0 saturated carbocycles. The summed E-state index contributed by atoms with van der Waals surface area (Å²) in [5.41, 5.74) is 2.80. The Morgan fingerprint density at radius 1 is 1.10 bits per heavy atom. The lowest BCUT2D eigenvalue weighted by atomic mass is 9.98. The van der Waals surface area contributed by atoms with E-state index in [1.807, 2.05) is 12.1 Å². The maximum Gasteiger partial charge on any atom is 0.269 e. The van der Waals surface area contributed by atoms with Crippen LogP contribution in [0.1, 0.15) is 32.0 Å². The minimum Gasteiger partial charge on any atom is -0.493 e. The predicted molar refractivity (Wildman–Crippen MR) is 106 cm³/mol. The van der Waals surface area contributed by atoms with Crippen LogP contribution in [0.2, 0.25) is 0 Å². The number of nitrogens with one attached hydrogen (secondary N) is 1. The van der Waals surface area contributed by atoms with Gasteiger partial charge in [-0.1, -0.05) is 0 Å². The van der Waals surface area contributed by atoms with E-state index in [0.29, 0.717) is 43.3 Å². The van der Waals surface area contributed by atoms with Gasteiger partial charge in [-0.15, -0.1) is 0 Å². The number of nitrogens with zero attached hydrogens (tertiary/aromatic N) is 2. The van der Waals surface area contributed by atoms with Crippen molar-refractivity contribution in [2.45, 2.75) is 13.0 Å². The Morgan fingerprint density at radius 3 is 2.52 bits per heavy atom. The molecule has 1 aromatic carbocycles. The van der Waals surface area contributed by atoms with E-state index in [1.54, 1.807) is 32.3 Å². The van der Waals surface area contributed by atoms with Crippen molar-refractivity contribution in [3.05, 3.63) is 52.8 Å². The number of carbonyl (C=O) groups excluding carboxylic acids is 2. The van der Waals surface area contributed by atoms with Gasteiger partial charge in [-0.25, -0.2) is 0 Å². The third kappa shape index (κ3) is 4.65. The summed E-state index contributed by atoms with van der Waals surface area (Å²) < 4.78 is 15.6. The highest BCUT2D eigenvalue weighted by atomic mass is 16.5. The summed E-state index contributed by atoms with van der Waals surface area (Å²) >= 11 is 0. The van der Waals surface area contributed by atoms with Gasteiger partial charge in [-0.2, -0.15) is 0 Å². The molecule has 2 aromatic rings. The molecule has 29 heavy (non-hydrogen) atoms. The number of fused-ring (bicyclic) bond motifs is 1. The van der Waals surface area contributed by atoms with E-state index in [4.69, 9.17) is 14.2 Å². The van der Waals surface area contributed by atoms with Crippen molar-refractivity contribution in [3.8, 4) is 11.5 Å². The smallest absolute Gasteiger partial charge is 0.269 e. The molecule has 154 valence electrons. The van der Waals surface area contributed by atoms with Crippen molar-refractivity contribution < 1.29 is 23.8 Å². The van der Waals surface area contributed by atoms with Gasteiger partial charge in [-0.3, -0.25) is 14.6 Å². The second-order valence-electron chi connectivity index (χ2n) is 6.63. The number of pyridine rings is 1. The van der Waals surface area contributed by atoms with Gasteiger partial charge in [0.15, 0.2) is 11.5 Å². The Balaban J connectivity index is 1.75. The van der Waals surface area contributed by atoms with Crippen molar-refractivity contribution in [2.75, 3.05) is 41.0 Å². The van der Waals surface area contributed by atoms with Crippen molar-refractivity contribution in [1.29, 1.82) is 0 Å². The Hall–Kier alpha value is -3.13. The number of benzene rings is 1. The lowest BCUT2D eigenvalue weighted by Gasteiger charge is -2.29. The van der Waals surface area contributed by atoms with E-state index < -0.39 is 0 Å². The summed E-state index contributed by atoms with van der Waals surface area (Å²) in [6.07, 6.45) is 2.20. The zero-order valence-electron chi connectivity index (χ0n) is 16.9. The fourth-order valence-corrected chi connectivity index (χ4v) is 3.28. The highest BCUT2D eigenvalue weighted by Gasteiger charge is 2.24. The van der Waals surface area contributed by atoms with Gasteiger partial charge in [0.25, 0.3) is 11.8 Å². The van der Waals surface area contributed by atoms with E-state index >= 15 is 0 Å². The van der Waals surface area contributed by atoms with E-state index in [1.165, 1.54) is 12.3 Å². The van der Waals surface area contributed by atoms with Crippen LogP contribution in [0.3, 0.4) is 0 Å². The lowest BCUT2D eigenvalue weighted by molar-refractivity contribution is 0.0734. The second kappa shape index (κ2) is 9.38. The molecular weight excluding hydrogens is 374 g/mol. The first-order chi connectivity index (χ1) is 14.1. The van der Waals surface area contributed by atoms with Gasteiger partial charge in [0, 0.05) is 38.5 Å². The molecule has 0 fully saturated rings. The van der Waals surface area contributed by atoms with Crippen molar-refractivity contribution >= 4 is 11.8 Å². The number of carbonyl (C=O) groups is 2. The molecule has 0 bridgehead atoms. The van der Waals surface area contributed by atoms with Crippen LogP contribution < -0.4 is 14.8 Å². The lowest BCUT2D eigenvalue weighted by Crippen LogP contribution is -2.36. The van der Waals surface area contributed by atoms with Gasteiger partial charge in [0.2, 0.25) is 0 Å². The topological polar surface area (TPSA) is 90.0 Å². The summed E-state index contributed by atoms with van der Waals surface area (Å²) in [7, 11) is 4.76. The van der Waals surface area contributed by atoms with Crippen LogP contribution in [-0.2, 0) is 17.7 Å². The Morgan fingerprint density at radius 2 is 1.83 bits per heavy atom. The van der Waals surface area contributed by atoms with Crippen LogP contribution in [0.4, 0.5) is 0 Å². The number of methoxy groups -OCH3 is 3. The molecule has 2 amide bonds. The molecule has 0 unspecified atom stereocenters. The molecular formula is C21H25N3O5. The van der Waals surface area contributed by atoms with Crippen LogP contribution in [-0.4, -0.2) is 62.7 Å². The minimum atomic E-state index is -0.336. The maximum atomic E-state index is 13.0. The summed E-state index contributed by atoms with van der Waals surface area (Å²) in [6, 6.07) is 7.02. The third-order valence-corrected chi connectivity index (χ3v) is 4.84. The van der Waals surface area contributed by atoms with Crippen LogP contribution in [0.15, 0.2) is 30.5 Å². The van der Waals surface area contributed by atoms with Gasteiger partial charge >= 0.3 is 0 Å². The summed E-state index contributed by atoms with van der Waals surface area (Å²) in [5.74, 6) is 0.847. The quantitative estimate of drug-likeness (QED) is 0.713. The third-order valence-electron chi connectivity index (χ3n) is 4.84. The molecule has 1 aliphatic rings. The zero-order valence-corrected chi connectivity index (χ0v) is 16.9. The van der Waals surface area contributed by atoms with Gasteiger partial charge < -0.3 is 24.4 Å². The predicted octanol–water partition coefficient (Wildman–Crippen LogP) is 1.67. The monoisotopic (exact) mass is 399 g/mol. The van der Waals surface area contributed by atoms with Gasteiger partial charge in [-0.05, 0) is 41.8 Å². The molecule has 8 heteroatoms. The van der Waals surface area contributed by atoms with Crippen LogP contribution in [0.25, 0.3) is 0 Å². The highest BCUT2D eigenvalue weighted by molar-refractivity contribution is 5.98. The normalized spacial score (nSPS) is 12.9. The van der Waals surface area contributed by atoms with E-state index in [-0.39, 0.29) is 17.5 Å². The minimum absolute atomic E-state index is 0.140. The number of hydrogen-bond acceptors (Lipinski definition) is 6. The van der Waals surface area contributed by atoms with E-state index in [9.17, 15) is 9.59 Å². The largest absolute Gasteiger partial charge is 0.493 e. The van der Waals surface area contributed by atoms with Gasteiger partial charge in [0.1, 0.15) is 5.69 Å². The highest BCUT2D eigenvalue weighted by Crippen LogP contribution is 2.33. The molecule has 0 atom stereocenters. The first-order valence-corrected chi connectivity index (χ1v) is 9.33. The van der Waals surface area contributed by atoms with Crippen molar-refractivity contribution in [3.63, 3.8) is 0 Å². The number of aromatic nitrogens is 1. The number of amides is 2. The molecule has 0 spiro atoms. The molecule has 3 rings (SSSR count). The number of hydrogen-bond donors (Lipinski definition) is 1. The fraction of sp³-hybridized carbons (Fsp3) is 0.381. The number of ether oxygens (including phenoxy) is 3. The molecule has 1 aliphatic heterocycles. The van der Waals surface area contributed by atoms with Crippen LogP contribution >= 0.6 is 0 Å².